The fraction of sp³-hybridized carbons (Fsp3) is 0.111. The molecule has 1 aromatic rings. The Morgan fingerprint density at radius 1 is 1.69 bits per heavy atom. The third kappa shape index (κ3) is 2.46. The number of carboxylic acids is 1. The number of halogens is 1. The highest BCUT2D eigenvalue weighted by molar-refractivity contribution is 6.19. The van der Waals surface area contributed by atoms with Gasteiger partial charge in [-0.1, -0.05) is 11.8 Å². The van der Waals surface area contributed by atoms with Gasteiger partial charge in [-0.25, -0.2) is 9.78 Å². The van der Waals surface area contributed by atoms with Crippen molar-refractivity contribution in [1.29, 1.82) is 0 Å². The second kappa shape index (κ2) is 4.48. The fourth-order valence-corrected chi connectivity index (χ4v) is 0.872. The van der Waals surface area contributed by atoms with Gasteiger partial charge in [-0.15, -0.1) is 11.6 Å². The van der Waals surface area contributed by atoms with Gasteiger partial charge in [-0.3, -0.25) is 0 Å². The molecule has 0 spiro atoms. The summed E-state index contributed by atoms with van der Waals surface area (Å²) < 4.78 is 0. The van der Waals surface area contributed by atoms with E-state index in [2.05, 4.69) is 16.8 Å². The van der Waals surface area contributed by atoms with Crippen LogP contribution >= 0.6 is 11.6 Å². The molecule has 0 atom stereocenters. The second-order valence-corrected chi connectivity index (χ2v) is 2.41. The molecule has 0 fully saturated rings. The number of hydrogen-bond donors (Lipinski definition) is 1. The molecule has 0 bridgehead atoms. The Morgan fingerprint density at radius 3 is 3.08 bits per heavy atom. The number of carboxylic acid groups (broad SMARTS) is 1. The van der Waals surface area contributed by atoms with Crippen LogP contribution in [0.4, 0.5) is 0 Å². The zero-order chi connectivity index (χ0) is 9.68. The van der Waals surface area contributed by atoms with Crippen LogP contribution in [0.25, 0.3) is 0 Å². The molecular formula is C9H6ClNO2. The molecule has 0 aliphatic heterocycles. The Labute approximate surface area is 80.4 Å². The summed E-state index contributed by atoms with van der Waals surface area (Å²) in [5.41, 5.74) is 0.343. The molecule has 0 amide bonds. The van der Waals surface area contributed by atoms with E-state index in [1.54, 1.807) is 12.1 Å². The summed E-state index contributed by atoms with van der Waals surface area (Å²) in [6.07, 6.45) is 1.41. The standard InChI is InChI=1S/C9H6ClNO2/c10-5-1-3-7-4-2-6-11-8(7)9(12)13/h2,4,6H,5H2,(H,12,13). The fourth-order valence-electron chi connectivity index (χ4n) is 0.805. The van der Waals surface area contributed by atoms with Gasteiger partial charge in [0.15, 0.2) is 5.69 Å². The van der Waals surface area contributed by atoms with Crippen molar-refractivity contribution in [1.82, 2.24) is 4.98 Å². The largest absolute Gasteiger partial charge is 0.476 e. The van der Waals surface area contributed by atoms with Crippen molar-refractivity contribution < 1.29 is 9.90 Å². The van der Waals surface area contributed by atoms with Crippen molar-refractivity contribution in [2.24, 2.45) is 0 Å². The summed E-state index contributed by atoms with van der Waals surface area (Å²) in [6.45, 7) is 0. The van der Waals surface area contributed by atoms with E-state index in [1.807, 2.05) is 0 Å². The molecule has 0 aliphatic rings. The Bertz CT molecular complexity index is 379. The van der Waals surface area contributed by atoms with Gasteiger partial charge in [0.2, 0.25) is 0 Å². The molecule has 66 valence electrons. The lowest BCUT2D eigenvalue weighted by molar-refractivity contribution is 0.0690. The van der Waals surface area contributed by atoms with Crippen LogP contribution in [0, 0.1) is 11.8 Å². The van der Waals surface area contributed by atoms with Crippen LogP contribution in [-0.4, -0.2) is 21.9 Å². The van der Waals surface area contributed by atoms with Gasteiger partial charge in [0.25, 0.3) is 0 Å². The molecule has 1 heterocycles. The summed E-state index contributed by atoms with van der Waals surface area (Å²) in [5.74, 6) is 4.28. The minimum Gasteiger partial charge on any atom is -0.476 e. The maximum absolute atomic E-state index is 10.6. The number of alkyl halides is 1. The van der Waals surface area contributed by atoms with Crippen LogP contribution in [0.2, 0.25) is 0 Å². The molecule has 0 aromatic carbocycles. The molecular weight excluding hydrogens is 190 g/mol. The summed E-state index contributed by atoms with van der Waals surface area (Å²) in [7, 11) is 0. The van der Waals surface area contributed by atoms with Crippen LogP contribution in [0.15, 0.2) is 18.3 Å². The molecule has 13 heavy (non-hydrogen) atoms. The lowest BCUT2D eigenvalue weighted by atomic mass is 10.2. The van der Waals surface area contributed by atoms with E-state index in [9.17, 15) is 4.79 Å². The molecule has 1 rings (SSSR count). The molecule has 1 N–H and O–H groups in total. The van der Waals surface area contributed by atoms with Crippen molar-refractivity contribution >= 4 is 17.6 Å². The van der Waals surface area contributed by atoms with E-state index in [1.165, 1.54) is 6.20 Å². The topological polar surface area (TPSA) is 50.2 Å². The SMILES string of the molecule is O=C(O)c1ncccc1C#CCCl. The predicted octanol–water partition coefficient (Wildman–Crippen LogP) is 1.37. The third-order valence-electron chi connectivity index (χ3n) is 1.30. The van der Waals surface area contributed by atoms with E-state index in [4.69, 9.17) is 16.7 Å². The summed E-state index contributed by atoms with van der Waals surface area (Å²) in [5, 5.41) is 8.70. The third-order valence-corrected chi connectivity index (χ3v) is 1.43. The Kier molecular flexibility index (Phi) is 3.30. The maximum atomic E-state index is 10.6. The van der Waals surface area contributed by atoms with E-state index in [0.29, 0.717) is 5.56 Å². The van der Waals surface area contributed by atoms with Gasteiger partial charge in [-0.05, 0) is 12.1 Å². The molecule has 0 unspecified atom stereocenters. The average Bonchev–Trinajstić information content (AvgIpc) is 2.15. The van der Waals surface area contributed by atoms with E-state index < -0.39 is 5.97 Å². The minimum atomic E-state index is -1.08. The summed E-state index contributed by atoms with van der Waals surface area (Å²) in [4.78, 5) is 14.3. The predicted molar refractivity (Wildman–Crippen MR) is 48.8 cm³/mol. The van der Waals surface area contributed by atoms with E-state index in [0.717, 1.165) is 0 Å². The first-order valence-corrected chi connectivity index (χ1v) is 4.02. The minimum absolute atomic E-state index is 0.0416. The zero-order valence-electron chi connectivity index (χ0n) is 6.62. The molecule has 0 saturated heterocycles. The lowest BCUT2D eigenvalue weighted by Crippen LogP contribution is -2.02. The highest BCUT2D eigenvalue weighted by atomic mass is 35.5. The lowest BCUT2D eigenvalue weighted by Gasteiger charge is -1.95. The highest BCUT2D eigenvalue weighted by Crippen LogP contribution is 2.02. The Hall–Kier alpha value is -1.53. The monoisotopic (exact) mass is 195 g/mol. The van der Waals surface area contributed by atoms with Crippen molar-refractivity contribution in [3.05, 3.63) is 29.6 Å². The smallest absolute Gasteiger partial charge is 0.355 e. The summed E-state index contributed by atoms with van der Waals surface area (Å²) >= 11 is 5.34. The number of aromatic carboxylic acids is 1. The molecule has 3 nitrogen and oxygen atoms in total. The molecule has 0 saturated carbocycles. The van der Waals surface area contributed by atoms with Crippen LogP contribution < -0.4 is 0 Å². The first kappa shape index (κ1) is 9.56. The van der Waals surface area contributed by atoms with Gasteiger partial charge < -0.3 is 5.11 Å². The number of hydrogen-bond acceptors (Lipinski definition) is 2. The van der Waals surface area contributed by atoms with E-state index in [-0.39, 0.29) is 11.6 Å². The second-order valence-electron chi connectivity index (χ2n) is 2.14. The average molecular weight is 196 g/mol. The number of rotatable bonds is 1. The van der Waals surface area contributed by atoms with Gasteiger partial charge >= 0.3 is 5.97 Å². The van der Waals surface area contributed by atoms with Crippen LogP contribution in [-0.2, 0) is 0 Å². The highest BCUT2D eigenvalue weighted by Gasteiger charge is 2.07. The van der Waals surface area contributed by atoms with Gasteiger partial charge in [0.1, 0.15) is 0 Å². The Morgan fingerprint density at radius 2 is 2.46 bits per heavy atom. The van der Waals surface area contributed by atoms with Gasteiger partial charge in [-0.2, -0.15) is 0 Å². The molecule has 0 aliphatic carbocycles. The van der Waals surface area contributed by atoms with Crippen molar-refractivity contribution in [3.63, 3.8) is 0 Å². The van der Waals surface area contributed by atoms with E-state index >= 15 is 0 Å². The first-order valence-electron chi connectivity index (χ1n) is 3.49. The molecule has 0 radical (unpaired) electrons. The quantitative estimate of drug-likeness (QED) is 0.544. The Balaban J connectivity index is 3.12. The maximum Gasteiger partial charge on any atom is 0.355 e. The molecule has 4 heteroatoms. The number of carbonyl (C=O) groups is 1. The number of aromatic nitrogens is 1. The van der Waals surface area contributed by atoms with Crippen molar-refractivity contribution in [2.45, 2.75) is 0 Å². The van der Waals surface area contributed by atoms with Crippen LogP contribution in [0.5, 0.6) is 0 Å². The zero-order valence-corrected chi connectivity index (χ0v) is 7.38. The number of pyridine rings is 1. The number of nitrogens with zero attached hydrogens (tertiary/aromatic N) is 1. The normalized spacial score (nSPS) is 8.69. The van der Waals surface area contributed by atoms with Crippen molar-refractivity contribution in [3.8, 4) is 11.8 Å². The summed E-state index contributed by atoms with van der Waals surface area (Å²) in [6, 6.07) is 3.22. The van der Waals surface area contributed by atoms with Gasteiger partial charge in [0, 0.05) is 6.20 Å². The molecule has 1 aromatic heterocycles. The van der Waals surface area contributed by atoms with Crippen LogP contribution in [0.3, 0.4) is 0 Å². The first-order chi connectivity index (χ1) is 6.25. The van der Waals surface area contributed by atoms with Crippen LogP contribution in [0.1, 0.15) is 16.1 Å². The van der Waals surface area contributed by atoms with Crippen molar-refractivity contribution in [2.75, 3.05) is 5.88 Å². The van der Waals surface area contributed by atoms with Gasteiger partial charge in [0.05, 0.1) is 11.4 Å².